The molecule has 0 spiro atoms. The van der Waals surface area contributed by atoms with E-state index in [0.717, 1.165) is 30.9 Å². The summed E-state index contributed by atoms with van der Waals surface area (Å²) in [5.74, 6) is 1.54. The SMILES string of the molecule is COc1ccc(N2C(=O)CC3CNCCC32)cc1. The minimum Gasteiger partial charge on any atom is -0.497 e. The van der Waals surface area contributed by atoms with Crippen LogP contribution in [0.3, 0.4) is 0 Å². The number of nitrogens with zero attached hydrogens (tertiary/aromatic N) is 1. The molecule has 2 aliphatic heterocycles. The molecule has 18 heavy (non-hydrogen) atoms. The van der Waals surface area contributed by atoms with E-state index in [4.69, 9.17) is 4.74 Å². The number of methoxy groups -OCH3 is 1. The van der Waals surface area contributed by atoms with E-state index < -0.39 is 0 Å². The van der Waals surface area contributed by atoms with Crippen molar-refractivity contribution in [2.24, 2.45) is 5.92 Å². The quantitative estimate of drug-likeness (QED) is 0.858. The summed E-state index contributed by atoms with van der Waals surface area (Å²) in [6.45, 7) is 1.96. The van der Waals surface area contributed by atoms with Gasteiger partial charge in [0.05, 0.1) is 7.11 Å². The Labute approximate surface area is 107 Å². The molecule has 0 saturated carbocycles. The molecule has 2 atom stereocenters. The first-order valence-electron chi connectivity index (χ1n) is 6.46. The zero-order valence-corrected chi connectivity index (χ0v) is 10.6. The average molecular weight is 246 g/mol. The second kappa shape index (κ2) is 4.61. The van der Waals surface area contributed by atoms with Gasteiger partial charge in [-0.15, -0.1) is 0 Å². The van der Waals surface area contributed by atoms with E-state index in [1.165, 1.54) is 0 Å². The Morgan fingerprint density at radius 1 is 1.33 bits per heavy atom. The molecule has 1 aromatic rings. The van der Waals surface area contributed by atoms with Gasteiger partial charge in [-0.05, 0) is 37.2 Å². The van der Waals surface area contributed by atoms with Crippen molar-refractivity contribution in [2.75, 3.05) is 25.1 Å². The van der Waals surface area contributed by atoms with Crippen LogP contribution < -0.4 is 15.0 Å². The molecule has 2 unspecified atom stereocenters. The minimum absolute atomic E-state index is 0.249. The standard InChI is InChI=1S/C14H18N2O2/c1-18-12-4-2-11(3-5-12)16-13-6-7-15-9-10(13)8-14(16)17/h2-5,10,13,15H,6-9H2,1H3. The lowest BCUT2D eigenvalue weighted by atomic mass is 9.94. The summed E-state index contributed by atoms with van der Waals surface area (Å²) in [5.41, 5.74) is 0.996. The van der Waals surface area contributed by atoms with E-state index in [0.29, 0.717) is 18.4 Å². The van der Waals surface area contributed by atoms with Gasteiger partial charge in [-0.2, -0.15) is 0 Å². The minimum atomic E-state index is 0.249. The Hall–Kier alpha value is -1.55. The Morgan fingerprint density at radius 3 is 2.83 bits per heavy atom. The van der Waals surface area contributed by atoms with Crippen LogP contribution in [-0.4, -0.2) is 32.1 Å². The summed E-state index contributed by atoms with van der Waals surface area (Å²) in [7, 11) is 1.65. The van der Waals surface area contributed by atoms with E-state index in [-0.39, 0.29) is 5.91 Å². The van der Waals surface area contributed by atoms with Gasteiger partial charge in [0.1, 0.15) is 5.75 Å². The van der Waals surface area contributed by atoms with Gasteiger partial charge in [-0.1, -0.05) is 0 Å². The zero-order valence-electron chi connectivity index (χ0n) is 10.6. The molecule has 2 fully saturated rings. The monoisotopic (exact) mass is 246 g/mol. The number of hydrogen-bond acceptors (Lipinski definition) is 3. The number of amides is 1. The molecule has 3 rings (SSSR count). The Balaban J connectivity index is 1.87. The van der Waals surface area contributed by atoms with Gasteiger partial charge >= 0.3 is 0 Å². The van der Waals surface area contributed by atoms with Crippen molar-refractivity contribution in [3.8, 4) is 5.75 Å². The number of anilines is 1. The van der Waals surface area contributed by atoms with Crippen molar-refractivity contribution in [3.05, 3.63) is 24.3 Å². The predicted octanol–water partition coefficient (Wildman–Crippen LogP) is 1.41. The van der Waals surface area contributed by atoms with Crippen LogP contribution in [0.25, 0.3) is 0 Å². The van der Waals surface area contributed by atoms with Crippen molar-refractivity contribution in [2.45, 2.75) is 18.9 Å². The number of carbonyl (C=O) groups excluding carboxylic acids is 1. The maximum Gasteiger partial charge on any atom is 0.227 e. The van der Waals surface area contributed by atoms with Crippen molar-refractivity contribution < 1.29 is 9.53 Å². The molecule has 2 saturated heterocycles. The molecular formula is C14H18N2O2. The number of fused-ring (bicyclic) bond motifs is 1. The van der Waals surface area contributed by atoms with E-state index in [1.54, 1.807) is 7.11 Å². The fraction of sp³-hybridized carbons (Fsp3) is 0.500. The lowest BCUT2D eigenvalue weighted by molar-refractivity contribution is -0.117. The first-order valence-corrected chi connectivity index (χ1v) is 6.46. The van der Waals surface area contributed by atoms with E-state index >= 15 is 0 Å². The molecule has 2 aliphatic rings. The summed E-state index contributed by atoms with van der Waals surface area (Å²) in [6.07, 6.45) is 1.71. The van der Waals surface area contributed by atoms with E-state index in [1.807, 2.05) is 29.2 Å². The Morgan fingerprint density at radius 2 is 2.11 bits per heavy atom. The number of carbonyl (C=O) groups is 1. The second-order valence-corrected chi connectivity index (χ2v) is 4.99. The topological polar surface area (TPSA) is 41.6 Å². The van der Waals surface area contributed by atoms with Crippen molar-refractivity contribution in [1.29, 1.82) is 0 Å². The predicted molar refractivity (Wildman–Crippen MR) is 69.9 cm³/mol. The van der Waals surface area contributed by atoms with Crippen LogP contribution in [0.1, 0.15) is 12.8 Å². The van der Waals surface area contributed by atoms with Gasteiger partial charge in [0.15, 0.2) is 0 Å². The molecule has 4 nitrogen and oxygen atoms in total. The van der Waals surface area contributed by atoms with E-state index in [2.05, 4.69) is 5.32 Å². The summed E-state index contributed by atoms with van der Waals surface area (Å²) in [4.78, 5) is 14.1. The molecule has 0 aliphatic carbocycles. The molecule has 96 valence electrons. The average Bonchev–Trinajstić information content (AvgIpc) is 2.75. The summed E-state index contributed by atoms with van der Waals surface area (Å²) in [6, 6.07) is 8.14. The molecule has 2 heterocycles. The number of piperidine rings is 1. The van der Waals surface area contributed by atoms with Gasteiger partial charge in [-0.3, -0.25) is 4.79 Å². The molecule has 1 aromatic carbocycles. The summed E-state index contributed by atoms with van der Waals surface area (Å²) >= 11 is 0. The Bertz CT molecular complexity index is 444. The lowest BCUT2D eigenvalue weighted by Gasteiger charge is -2.32. The highest BCUT2D eigenvalue weighted by molar-refractivity contribution is 5.96. The maximum absolute atomic E-state index is 12.2. The van der Waals surface area contributed by atoms with Gasteiger partial charge in [0.25, 0.3) is 0 Å². The first-order chi connectivity index (χ1) is 8.79. The highest BCUT2D eigenvalue weighted by Crippen LogP contribution is 2.34. The van der Waals surface area contributed by atoms with Crippen LogP contribution in [0.15, 0.2) is 24.3 Å². The Kier molecular flexibility index (Phi) is 2.96. The number of rotatable bonds is 2. The molecular weight excluding hydrogens is 228 g/mol. The molecule has 4 heteroatoms. The number of nitrogens with one attached hydrogen (secondary N) is 1. The zero-order chi connectivity index (χ0) is 12.5. The molecule has 1 amide bonds. The highest BCUT2D eigenvalue weighted by atomic mass is 16.5. The van der Waals surface area contributed by atoms with Crippen molar-refractivity contribution in [1.82, 2.24) is 5.32 Å². The fourth-order valence-electron chi connectivity index (χ4n) is 3.04. The van der Waals surface area contributed by atoms with Crippen molar-refractivity contribution >= 4 is 11.6 Å². The van der Waals surface area contributed by atoms with Crippen LogP contribution in [0.4, 0.5) is 5.69 Å². The second-order valence-electron chi connectivity index (χ2n) is 4.99. The van der Waals surface area contributed by atoms with Gasteiger partial charge in [0.2, 0.25) is 5.91 Å². The largest absolute Gasteiger partial charge is 0.497 e. The molecule has 0 bridgehead atoms. The molecule has 1 N–H and O–H groups in total. The van der Waals surface area contributed by atoms with Gasteiger partial charge < -0.3 is 15.0 Å². The van der Waals surface area contributed by atoms with Crippen LogP contribution in [0, 0.1) is 5.92 Å². The van der Waals surface area contributed by atoms with Crippen LogP contribution in [-0.2, 0) is 4.79 Å². The number of ether oxygens (including phenoxy) is 1. The molecule has 0 radical (unpaired) electrons. The van der Waals surface area contributed by atoms with E-state index in [9.17, 15) is 4.79 Å². The smallest absolute Gasteiger partial charge is 0.227 e. The lowest BCUT2D eigenvalue weighted by Crippen LogP contribution is -2.44. The molecule has 0 aromatic heterocycles. The third-order valence-corrected chi connectivity index (χ3v) is 3.96. The van der Waals surface area contributed by atoms with Crippen molar-refractivity contribution in [3.63, 3.8) is 0 Å². The summed E-state index contributed by atoms with van der Waals surface area (Å²) in [5, 5.41) is 3.37. The van der Waals surface area contributed by atoms with Crippen LogP contribution in [0.2, 0.25) is 0 Å². The summed E-state index contributed by atoms with van der Waals surface area (Å²) < 4.78 is 5.15. The van der Waals surface area contributed by atoms with Gasteiger partial charge in [0, 0.05) is 30.6 Å². The maximum atomic E-state index is 12.2. The van der Waals surface area contributed by atoms with Gasteiger partial charge in [-0.25, -0.2) is 0 Å². The highest BCUT2D eigenvalue weighted by Gasteiger charge is 2.41. The third kappa shape index (κ3) is 1.86. The number of benzene rings is 1. The number of hydrogen-bond donors (Lipinski definition) is 1. The first kappa shape index (κ1) is 11.5. The van der Waals surface area contributed by atoms with Crippen LogP contribution >= 0.6 is 0 Å². The normalized spacial score (nSPS) is 27.2. The fourth-order valence-corrected chi connectivity index (χ4v) is 3.04. The third-order valence-electron chi connectivity index (χ3n) is 3.96. The van der Waals surface area contributed by atoms with Crippen LogP contribution in [0.5, 0.6) is 5.75 Å².